The van der Waals surface area contributed by atoms with Gasteiger partial charge in [0, 0.05) is 22.5 Å². The maximum Gasteiger partial charge on any atom is 0.236 e. The Bertz CT molecular complexity index is 921. The van der Waals surface area contributed by atoms with Crippen molar-refractivity contribution in [2.75, 3.05) is 22.1 Å². The molecular formula is C19H20N4O2S3. The van der Waals surface area contributed by atoms with Gasteiger partial charge < -0.3 is 10.6 Å². The molecule has 2 heterocycles. The molecule has 3 aromatic rings. The minimum atomic E-state index is -0.178. The lowest BCUT2D eigenvalue weighted by Gasteiger charge is -2.05. The molecule has 0 saturated heterocycles. The summed E-state index contributed by atoms with van der Waals surface area (Å²) >= 11 is 3.99. The summed E-state index contributed by atoms with van der Waals surface area (Å²) in [5.74, 6) is 0.513. The molecule has 0 aliphatic heterocycles. The number of nitrogens with zero attached hydrogens (tertiary/aromatic N) is 2. The molecule has 0 spiro atoms. The largest absolute Gasteiger partial charge is 0.301 e. The van der Waals surface area contributed by atoms with E-state index in [1.165, 1.54) is 40.0 Å². The second kappa shape index (κ2) is 9.81. The van der Waals surface area contributed by atoms with Gasteiger partial charge in [0.1, 0.15) is 0 Å². The predicted octanol–water partition coefficient (Wildman–Crippen LogP) is 4.70. The van der Waals surface area contributed by atoms with Crippen LogP contribution in [0, 0.1) is 0 Å². The highest BCUT2D eigenvalue weighted by Gasteiger charge is 2.10. The van der Waals surface area contributed by atoms with E-state index in [1.807, 2.05) is 17.5 Å². The van der Waals surface area contributed by atoms with Gasteiger partial charge in [-0.3, -0.25) is 9.59 Å². The summed E-state index contributed by atoms with van der Waals surface area (Å²) in [7, 11) is 0. The van der Waals surface area contributed by atoms with Gasteiger partial charge in [0.15, 0.2) is 10.3 Å². The molecule has 1 aromatic carbocycles. The van der Waals surface area contributed by atoms with Crippen LogP contribution < -0.4 is 10.6 Å². The molecule has 3 rings (SSSR count). The summed E-state index contributed by atoms with van der Waals surface area (Å²) in [5, 5.41) is 10.3. The molecule has 0 aliphatic rings. The van der Waals surface area contributed by atoms with Crippen molar-refractivity contribution in [3.05, 3.63) is 46.8 Å². The molecule has 9 heteroatoms. The van der Waals surface area contributed by atoms with Crippen molar-refractivity contribution < 1.29 is 9.59 Å². The summed E-state index contributed by atoms with van der Waals surface area (Å²) in [6.07, 6.45) is 1.63. The predicted molar refractivity (Wildman–Crippen MR) is 118 cm³/mol. The standard InChI is InChI=1S/C19H20N4O2S3/c1-12(2)13-3-5-14(6-4-13)15-9-28-19(21-15)23-17(25)11-26-10-16(24)22-18-20-7-8-27-18/h3-9,12H,10-11H2,1-2H3,(H,20,22,24)(H,21,23,25). The molecule has 0 radical (unpaired) electrons. The van der Waals surface area contributed by atoms with E-state index in [1.54, 1.807) is 11.6 Å². The van der Waals surface area contributed by atoms with Crippen LogP contribution in [0.25, 0.3) is 11.3 Å². The summed E-state index contributed by atoms with van der Waals surface area (Å²) < 4.78 is 0. The summed E-state index contributed by atoms with van der Waals surface area (Å²) in [6, 6.07) is 8.30. The van der Waals surface area contributed by atoms with Gasteiger partial charge in [0.2, 0.25) is 11.8 Å². The number of hydrogen-bond donors (Lipinski definition) is 2. The fraction of sp³-hybridized carbons (Fsp3) is 0.263. The summed E-state index contributed by atoms with van der Waals surface area (Å²) in [6.45, 7) is 4.32. The average Bonchev–Trinajstić information content (AvgIpc) is 3.34. The van der Waals surface area contributed by atoms with Crippen LogP contribution in [0.4, 0.5) is 10.3 Å². The third-order valence-corrected chi connectivity index (χ3v) is 6.15. The first-order valence-corrected chi connectivity index (χ1v) is 11.6. The van der Waals surface area contributed by atoms with Crippen molar-refractivity contribution >= 4 is 56.5 Å². The molecule has 2 aromatic heterocycles. The topological polar surface area (TPSA) is 84.0 Å². The molecule has 2 amide bonds. The Balaban J connectivity index is 1.45. The molecule has 2 N–H and O–H groups in total. The second-order valence-corrected chi connectivity index (χ2v) is 8.98. The van der Waals surface area contributed by atoms with Crippen molar-refractivity contribution in [1.82, 2.24) is 9.97 Å². The molecule has 0 unspecified atom stereocenters. The maximum absolute atomic E-state index is 12.1. The highest BCUT2D eigenvalue weighted by Crippen LogP contribution is 2.26. The van der Waals surface area contributed by atoms with Crippen LogP contribution in [-0.4, -0.2) is 33.3 Å². The molecular weight excluding hydrogens is 412 g/mol. The van der Waals surface area contributed by atoms with Gasteiger partial charge in [-0.2, -0.15) is 0 Å². The van der Waals surface area contributed by atoms with Gasteiger partial charge in [0.25, 0.3) is 0 Å². The van der Waals surface area contributed by atoms with Gasteiger partial charge in [-0.1, -0.05) is 38.1 Å². The van der Waals surface area contributed by atoms with Gasteiger partial charge >= 0.3 is 0 Å². The van der Waals surface area contributed by atoms with Crippen LogP contribution in [0.1, 0.15) is 25.3 Å². The molecule has 0 atom stereocenters. The number of hydrogen-bond acceptors (Lipinski definition) is 7. The van der Waals surface area contributed by atoms with E-state index in [2.05, 4.69) is 46.6 Å². The van der Waals surface area contributed by atoms with Gasteiger partial charge in [0.05, 0.1) is 17.2 Å². The highest BCUT2D eigenvalue weighted by molar-refractivity contribution is 8.00. The number of carbonyl (C=O) groups excluding carboxylic acids is 2. The lowest BCUT2D eigenvalue weighted by Crippen LogP contribution is -2.18. The fourth-order valence-corrected chi connectivity index (χ4v) is 4.23. The number of carbonyl (C=O) groups is 2. The first-order chi connectivity index (χ1) is 13.5. The zero-order valence-corrected chi connectivity index (χ0v) is 17.9. The first kappa shape index (κ1) is 20.5. The zero-order chi connectivity index (χ0) is 19.9. The molecule has 0 bridgehead atoms. The molecule has 0 fully saturated rings. The van der Waals surface area contributed by atoms with Gasteiger partial charge in [-0.05, 0) is 11.5 Å². The van der Waals surface area contributed by atoms with Crippen molar-refractivity contribution in [3.63, 3.8) is 0 Å². The Kier molecular flexibility index (Phi) is 7.18. The second-order valence-electron chi connectivity index (χ2n) is 6.24. The summed E-state index contributed by atoms with van der Waals surface area (Å²) in [5.41, 5.74) is 3.14. The lowest BCUT2D eigenvalue weighted by atomic mass is 10.0. The van der Waals surface area contributed by atoms with E-state index in [0.717, 1.165) is 11.3 Å². The normalized spacial score (nSPS) is 10.8. The summed E-state index contributed by atoms with van der Waals surface area (Å²) in [4.78, 5) is 32.3. The first-order valence-electron chi connectivity index (χ1n) is 8.64. The van der Waals surface area contributed by atoms with Crippen LogP contribution in [0.5, 0.6) is 0 Å². The number of benzene rings is 1. The lowest BCUT2D eigenvalue weighted by molar-refractivity contribution is -0.114. The number of anilines is 2. The number of aromatic nitrogens is 2. The van der Waals surface area contributed by atoms with Crippen molar-refractivity contribution in [2.45, 2.75) is 19.8 Å². The quantitative estimate of drug-likeness (QED) is 0.539. The Morgan fingerprint density at radius 1 is 1.04 bits per heavy atom. The number of thioether (sulfide) groups is 1. The molecule has 0 aliphatic carbocycles. The van der Waals surface area contributed by atoms with Crippen LogP contribution in [0.15, 0.2) is 41.2 Å². The third-order valence-electron chi connectivity index (χ3n) is 3.77. The fourth-order valence-electron chi connectivity index (χ4n) is 2.33. The Morgan fingerprint density at radius 3 is 2.32 bits per heavy atom. The van der Waals surface area contributed by atoms with Crippen LogP contribution in [0.3, 0.4) is 0 Å². The van der Waals surface area contributed by atoms with E-state index in [4.69, 9.17) is 0 Å². The van der Waals surface area contributed by atoms with Crippen molar-refractivity contribution in [2.24, 2.45) is 0 Å². The van der Waals surface area contributed by atoms with E-state index in [9.17, 15) is 9.59 Å². The number of amides is 2. The molecule has 28 heavy (non-hydrogen) atoms. The van der Waals surface area contributed by atoms with Crippen LogP contribution in [-0.2, 0) is 9.59 Å². The Labute approximate surface area is 175 Å². The van der Waals surface area contributed by atoms with E-state index in [0.29, 0.717) is 16.2 Å². The van der Waals surface area contributed by atoms with Crippen LogP contribution in [0.2, 0.25) is 0 Å². The Morgan fingerprint density at radius 2 is 1.71 bits per heavy atom. The molecule has 146 valence electrons. The number of thiazole rings is 2. The minimum absolute atomic E-state index is 0.172. The highest BCUT2D eigenvalue weighted by atomic mass is 32.2. The molecule has 0 saturated carbocycles. The van der Waals surface area contributed by atoms with E-state index in [-0.39, 0.29) is 23.3 Å². The Hall–Kier alpha value is -2.23. The van der Waals surface area contributed by atoms with Crippen molar-refractivity contribution in [1.29, 1.82) is 0 Å². The monoisotopic (exact) mass is 432 g/mol. The maximum atomic E-state index is 12.1. The van der Waals surface area contributed by atoms with E-state index < -0.39 is 0 Å². The van der Waals surface area contributed by atoms with Gasteiger partial charge in [-0.15, -0.1) is 34.4 Å². The van der Waals surface area contributed by atoms with Crippen molar-refractivity contribution in [3.8, 4) is 11.3 Å². The van der Waals surface area contributed by atoms with E-state index >= 15 is 0 Å². The smallest absolute Gasteiger partial charge is 0.236 e. The zero-order valence-electron chi connectivity index (χ0n) is 15.5. The van der Waals surface area contributed by atoms with Gasteiger partial charge in [-0.25, -0.2) is 9.97 Å². The molecule has 6 nitrogen and oxygen atoms in total. The number of rotatable bonds is 8. The minimum Gasteiger partial charge on any atom is -0.301 e. The number of nitrogens with one attached hydrogen (secondary N) is 2. The van der Waals surface area contributed by atoms with Crippen LogP contribution >= 0.6 is 34.4 Å². The third kappa shape index (κ3) is 5.88. The SMILES string of the molecule is CC(C)c1ccc(-c2csc(NC(=O)CSCC(=O)Nc3nccs3)n2)cc1. The average molecular weight is 433 g/mol.